The van der Waals surface area contributed by atoms with Crippen LogP contribution < -0.4 is 10.1 Å². The number of imidazole rings is 1. The molecule has 9 nitrogen and oxygen atoms in total. The highest BCUT2D eigenvalue weighted by Crippen LogP contribution is 2.39. The van der Waals surface area contributed by atoms with Gasteiger partial charge in [-0.25, -0.2) is 9.67 Å². The highest BCUT2D eigenvalue weighted by atomic mass is 16.5. The van der Waals surface area contributed by atoms with Gasteiger partial charge in [0.2, 0.25) is 5.91 Å². The standard InChI is InChI=1S/C19H19N5O4/c1-11-17-14(9-15(25)21-19(17)24(22-11)10-16(26)27)18-20-7-8-23(18)12-3-5-13(28-2)6-4-12/h3-8,14H,9-10H2,1-2H3,(H,21,25)(H,26,27). The molecule has 2 aromatic heterocycles. The van der Waals surface area contributed by atoms with Crippen LogP contribution >= 0.6 is 0 Å². The Bertz CT molecular complexity index is 1050. The van der Waals surface area contributed by atoms with Gasteiger partial charge in [-0.15, -0.1) is 0 Å². The van der Waals surface area contributed by atoms with E-state index in [2.05, 4.69) is 15.4 Å². The summed E-state index contributed by atoms with van der Waals surface area (Å²) >= 11 is 0. The predicted molar refractivity (Wildman–Crippen MR) is 99.8 cm³/mol. The van der Waals surface area contributed by atoms with Crippen LogP contribution in [-0.4, -0.2) is 43.4 Å². The number of aryl methyl sites for hydroxylation is 1. The van der Waals surface area contributed by atoms with Crippen molar-refractivity contribution in [2.45, 2.75) is 25.8 Å². The lowest BCUT2D eigenvalue weighted by atomic mass is 9.91. The van der Waals surface area contributed by atoms with E-state index in [0.717, 1.165) is 17.0 Å². The lowest BCUT2D eigenvalue weighted by Crippen LogP contribution is -2.27. The van der Waals surface area contributed by atoms with Crippen LogP contribution in [0.15, 0.2) is 36.7 Å². The maximum atomic E-state index is 12.4. The minimum atomic E-state index is -1.03. The molecule has 0 spiro atoms. The fraction of sp³-hybridized carbons (Fsp3) is 0.263. The molecule has 3 heterocycles. The van der Waals surface area contributed by atoms with Crippen molar-refractivity contribution in [3.63, 3.8) is 0 Å². The Hall–Kier alpha value is -3.62. The maximum Gasteiger partial charge on any atom is 0.325 e. The molecule has 1 aliphatic rings. The molecule has 0 fully saturated rings. The van der Waals surface area contributed by atoms with Crippen molar-refractivity contribution in [1.82, 2.24) is 19.3 Å². The number of nitrogens with zero attached hydrogens (tertiary/aromatic N) is 4. The number of carboxylic acids is 1. The third-order valence-electron chi connectivity index (χ3n) is 4.79. The highest BCUT2D eigenvalue weighted by Gasteiger charge is 2.35. The topological polar surface area (TPSA) is 111 Å². The molecule has 0 radical (unpaired) electrons. The summed E-state index contributed by atoms with van der Waals surface area (Å²) in [6.45, 7) is 1.48. The van der Waals surface area contributed by atoms with Crippen LogP contribution in [-0.2, 0) is 16.1 Å². The Balaban J connectivity index is 1.80. The quantitative estimate of drug-likeness (QED) is 0.699. The van der Waals surface area contributed by atoms with E-state index in [-0.39, 0.29) is 24.8 Å². The third-order valence-corrected chi connectivity index (χ3v) is 4.79. The van der Waals surface area contributed by atoms with Gasteiger partial charge >= 0.3 is 5.97 Å². The second-order valence-electron chi connectivity index (χ2n) is 6.56. The summed E-state index contributed by atoms with van der Waals surface area (Å²) in [5, 5.41) is 16.2. The summed E-state index contributed by atoms with van der Waals surface area (Å²) in [4.78, 5) is 28.0. The summed E-state index contributed by atoms with van der Waals surface area (Å²) in [6.07, 6.45) is 3.73. The predicted octanol–water partition coefficient (Wildman–Crippen LogP) is 1.94. The second-order valence-corrected chi connectivity index (χ2v) is 6.56. The van der Waals surface area contributed by atoms with E-state index >= 15 is 0 Å². The first-order chi connectivity index (χ1) is 13.5. The molecule has 0 aliphatic carbocycles. The van der Waals surface area contributed by atoms with Crippen LogP contribution in [0.4, 0.5) is 5.82 Å². The number of ether oxygens (including phenoxy) is 1. The number of benzene rings is 1. The van der Waals surface area contributed by atoms with E-state index in [0.29, 0.717) is 17.3 Å². The molecule has 3 aromatic rings. The van der Waals surface area contributed by atoms with Crippen LogP contribution in [0.5, 0.6) is 5.75 Å². The Morgan fingerprint density at radius 2 is 2.11 bits per heavy atom. The number of carbonyl (C=O) groups excluding carboxylic acids is 1. The van der Waals surface area contributed by atoms with E-state index < -0.39 is 5.97 Å². The molecule has 1 aliphatic heterocycles. The molecule has 144 valence electrons. The SMILES string of the molecule is COc1ccc(-n2ccnc2C2CC(=O)Nc3c2c(C)nn3CC(=O)O)cc1. The number of carboxylic acid groups (broad SMARTS) is 1. The van der Waals surface area contributed by atoms with E-state index in [1.165, 1.54) is 4.68 Å². The lowest BCUT2D eigenvalue weighted by molar-refractivity contribution is -0.137. The van der Waals surface area contributed by atoms with Crippen molar-refractivity contribution >= 4 is 17.7 Å². The summed E-state index contributed by atoms with van der Waals surface area (Å²) in [7, 11) is 1.61. The number of fused-ring (bicyclic) bond motifs is 1. The van der Waals surface area contributed by atoms with Crippen LogP contribution in [0.3, 0.4) is 0 Å². The third kappa shape index (κ3) is 3.00. The Labute approximate surface area is 160 Å². The number of nitrogens with one attached hydrogen (secondary N) is 1. The van der Waals surface area contributed by atoms with Gasteiger partial charge in [0.05, 0.1) is 18.7 Å². The normalized spacial score (nSPS) is 15.8. The number of methoxy groups -OCH3 is 1. The number of aromatic nitrogens is 4. The number of amides is 1. The summed E-state index contributed by atoms with van der Waals surface area (Å²) in [5.74, 6) is 0.304. The van der Waals surface area contributed by atoms with E-state index in [1.54, 1.807) is 13.3 Å². The van der Waals surface area contributed by atoms with Crippen LogP contribution in [0.25, 0.3) is 5.69 Å². The fourth-order valence-electron chi connectivity index (χ4n) is 3.61. The smallest absolute Gasteiger partial charge is 0.325 e. The van der Waals surface area contributed by atoms with Gasteiger partial charge < -0.3 is 19.7 Å². The number of hydrogen-bond donors (Lipinski definition) is 2. The van der Waals surface area contributed by atoms with Crippen molar-refractivity contribution in [2.75, 3.05) is 12.4 Å². The van der Waals surface area contributed by atoms with Crippen LogP contribution in [0.2, 0.25) is 0 Å². The largest absolute Gasteiger partial charge is 0.497 e. The molecule has 0 saturated carbocycles. The minimum absolute atomic E-state index is 0.201. The number of hydrogen-bond acceptors (Lipinski definition) is 5. The number of carbonyl (C=O) groups is 2. The van der Waals surface area contributed by atoms with Gasteiger partial charge in [-0.2, -0.15) is 5.10 Å². The van der Waals surface area contributed by atoms with Crippen LogP contribution in [0, 0.1) is 6.92 Å². The first-order valence-electron chi connectivity index (χ1n) is 8.74. The van der Waals surface area contributed by atoms with Crippen molar-refractivity contribution in [1.29, 1.82) is 0 Å². The zero-order chi connectivity index (χ0) is 19.8. The zero-order valence-electron chi connectivity index (χ0n) is 15.4. The molecule has 4 rings (SSSR count). The van der Waals surface area contributed by atoms with Gasteiger partial charge in [0.25, 0.3) is 0 Å². The zero-order valence-corrected chi connectivity index (χ0v) is 15.4. The monoisotopic (exact) mass is 381 g/mol. The Morgan fingerprint density at radius 3 is 2.79 bits per heavy atom. The van der Waals surface area contributed by atoms with Crippen LogP contribution in [0.1, 0.15) is 29.4 Å². The van der Waals surface area contributed by atoms with Gasteiger partial charge in [0.1, 0.15) is 23.9 Å². The Kier molecular flexibility index (Phi) is 4.34. The molecule has 1 atom stereocenters. The first kappa shape index (κ1) is 17.8. The summed E-state index contributed by atoms with van der Waals surface area (Å²) < 4.78 is 8.44. The average Bonchev–Trinajstić information content (AvgIpc) is 3.26. The van der Waals surface area contributed by atoms with Gasteiger partial charge in [0, 0.05) is 30.1 Å². The van der Waals surface area contributed by atoms with E-state index in [9.17, 15) is 9.59 Å². The molecule has 1 amide bonds. The van der Waals surface area contributed by atoms with E-state index in [4.69, 9.17) is 9.84 Å². The maximum absolute atomic E-state index is 12.4. The van der Waals surface area contributed by atoms with Gasteiger partial charge in [-0.05, 0) is 31.2 Å². The van der Waals surface area contributed by atoms with Crippen molar-refractivity contribution in [3.8, 4) is 11.4 Å². The van der Waals surface area contributed by atoms with Gasteiger partial charge in [0.15, 0.2) is 0 Å². The van der Waals surface area contributed by atoms with E-state index in [1.807, 2.05) is 42.0 Å². The lowest BCUT2D eigenvalue weighted by Gasteiger charge is -2.24. The molecule has 0 saturated heterocycles. The summed E-state index contributed by atoms with van der Waals surface area (Å²) in [6, 6.07) is 7.53. The molecule has 2 N–H and O–H groups in total. The molecular weight excluding hydrogens is 362 g/mol. The van der Waals surface area contributed by atoms with Gasteiger partial charge in [-0.1, -0.05) is 0 Å². The minimum Gasteiger partial charge on any atom is -0.497 e. The highest BCUT2D eigenvalue weighted by molar-refractivity contribution is 5.94. The van der Waals surface area contributed by atoms with Crippen molar-refractivity contribution in [3.05, 3.63) is 53.7 Å². The average molecular weight is 381 g/mol. The first-order valence-corrected chi connectivity index (χ1v) is 8.74. The van der Waals surface area contributed by atoms with Crippen molar-refractivity contribution < 1.29 is 19.4 Å². The van der Waals surface area contributed by atoms with Crippen molar-refractivity contribution in [2.24, 2.45) is 0 Å². The molecule has 1 unspecified atom stereocenters. The van der Waals surface area contributed by atoms with Gasteiger partial charge in [-0.3, -0.25) is 9.59 Å². The second kappa shape index (κ2) is 6.84. The summed E-state index contributed by atoms with van der Waals surface area (Å²) in [5.41, 5.74) is 2.35. The number of aliphatic carboxylic acids is 1. The molecule has 0 bridgehead atoms. The molecular formula is C19H19N5O4. The number of anilines is 1. The molecule has 28 heavy (non-hydrogen) atoms. The molecule has 1 aromatic carbocycles. The Morgan fingerprint density at radius 1 is 1.36 bits per heavy atom. The fourth-order valence-corrected chi connectivity index (χ4v) is 3.61. The molecule has 9 heteroatoms. The number of rotatable bonds is 5.